The predicted octanol–water partition coefficient (Wildman–Crippen LogP) is 2.60. The molecular weight excluding hydrogens is 216 g/mol. The first-order valence-corrected chi connectivity index (χ1v) is 5.46. The minimum atomic E-state index is -0.381. The summed E-state index contributed by atoms with van der Waals surface area (Å²) >= 11 is 0. The molecule has 0 fully saturated rings. The van der Waals surface area contributed by atoms with E-state index in [1.807, 2.05) is 13.8 Å². The largest absolute Gasteiger partial charge is 0.497 e. The van der Waals surface area contributed by atoms with Crippen LogP contribution in [0.15, 0.2) is 18.2 Å². The van der Waals surface area contributed by atoms with E-state index in [1.54, 1.807) is 25.3 Å². The lowest BCUT2D eigenvalue weighted by Gasteiger charge is -2.16. The van der Waals surface area contributed by atoms with E-state index in [2.05, 4.69) is 6.07 Å². The van der Waals surface area contributed by atoms with Crippen LogP contribution in [0.25, 0.3) is 0 Å². The van der Waals surface area contributed by atoms with Gasteiger partial charge in [0.2, 0.25) is 0 Å². The van der Waals surface area contributed by atoms with Gasteiger partial charge in [-0.3, -0.25) is 0 Å². The molecule has 1 aromatic carbocycles. The topological polar surface area (TPSA) is 68.3 Å². The number of ether oxygens (including phenoxy) is 2. The summed E-state index contributed by atoms with van der Waals surface area (Å²) in [5.74, 6) is 1.30. The third-order valence-corrected chi connectivity index (χ3v) is 2.51. The Labute approximate surface area is 102 Å². The molecule has 0 aliphatic carbocycles. The molecule has 0 amide bonds. The molecule has 0 bridgehead atoms. The van der Waals surface area contributed by atoms with Crippen LogP contribution >= 0.6 is 0 Å². The number of nitrogens with two attached hydrogens (primary N) is 1. The van der Waals surface area contributed by atoms with Crippen molar-refractivity contribution in [2.45, 2.75) is 20.3 Å². The summed E-state index contributed by atoms with van der Waals surface area (Å²) < 4.78 is 10.7. The van der Waals surface area contributed by atoms with Crippen molar-refractivity contribution < 1.29 is 9.47 Å². The number of nitriles is 1. The van der Waals surface area contributed by atoms with Crippen LogP contribution in [0.5, 0.6) is 11.5 Å². The van der Waals surface area contributed by atoms with Gasteiger partial charge in [-0.2, -0.15) is 5.26 Å². The molecule has 1 rings (SSSR count). The highest BCUT2D eigenvalue weighted by atomic mass is 16.5. The molecule has 0 aliphatic heterocycles. The molecule has 4 nitrogen and oxygen atoms in total. The standard InChI is InChI=1S/C13H18N2O2/c1-13(2,9-14)6-7-17-12-8-10(16-3)4-5-11(12)15/h4-5,8H,6-7,15H2,1-3H3. The lowest BCUT2D eigenvalue weighted by atomic mass is 9.92. The van der Waals surface area contributed by atoms with E-state index >= 15 is 0 Å². The summed E-state index contributed by atoms with van der Waals surface area (Å²) in [7, 11) is 1.59. The Morgan fingerprint density at radius 3 is 2.71 bits per heavy atom. The van der Waals surface area contributed by atoms with Crippen molar-refractivity contribution >= 4 is 5.69 Å². The Bertz CT molecular complexity index is 422. The number of nitrogens with zero attached hydrogens (tertiary/aromatic N) is 1. The second-order valence-electron chi connectivity index (χ2n) is 4.50. The fourth-order valence-corrected chi connectivity index (χ4v) is 1.24. The monoisotopic (exact) mass is 234 g/mol. The van der Waals surface area contributed by atoms with Crippen LogP contribution in [0.3, 0.4) is 0 Å². The van der Waals surface area contributed by atoms with E-state index < -0.39 is 0 Å². The van der Waals surface area contributed by atoms with Crippen LogP contribution in [-0.4, -0.2) is 13.7 Å². The first-order valence-electron chi connectivity index (χ1n) is 5.46. The molecule has 4 heteroatoms. The van der Waals surface area contributed by atoms with E-state index in [4.69, 9.17) is 20.5 Å². The van der Waals surface area contributed by atoms with Crippen molar-refractivity contribution in [1.29, 1.82) is 5.26 Å². The maximum atomic E-state index is 8.88. The van der Waals surface area contributed by atoms with Crippen LogP contribution in [-0.2, 0) is 0 Å². The highest BCUT2D eigenvalue weighted by Gasteiger charge is 2.16. The number of hydrogen-bond donors (Lipinski definition) is 1. The summed E-state index contributed by atoms with van der Waals surface area (Å²) in [5.41, 5.74) is 5.97. The zero-order valence-corrected chi connectivity index (χ0v) is 10.5. The number of methoxy groups -OCH3 is 1. The first-order chi connectivity index (χ1) is 7.98. The number of nitrogen functional groups attached to an aromatic ring is 1. The van der Waals surface area contributed by atoms with Gasteiger partial charge in [-0.1, -0.05) is 0 Å². The first kappa shape index (κ1) is 13.2. The van der Waals surface area contributed by atoms with Gasteiger partial charge >= 0.3 is 0 Å². The molecule has 0 atom stereocenters. The Balaban J connectivity index is 2.61. The Morgan fingerprint density at radius 2 is 2.12 bits per heavy atom. The van der Waals surface area contributed by atoms with E-state index in [0.717, 1.165) is 0 Å². The quantitative estimate of drug-likeness (QED) is 0.795. The fraction of sp³-hybridized carbons (Fsp3) is 0.462. The van der Waals surface area contributed by atoms with Gasteiger partial charge in [0.25, 0.3) is 0 Å². The number of hydrogen-bond acceptors (Lipinski definition) is 4. The normalized spacial score (nSPS) is 10.7. The van der Waals surface area contributed by atoms with E-state index in [-0.39, 0.29) is 5.41 Å². The van der Waals surface area contributed by atoms with Gasteiger partial charge in [-0.05, 0) is 32.4 Å². The molecule has 1 aromatic rings. The molecule has 92 valence electrons. The van der Waals surface area contributed by atoms with Crippen LogP contribution < -0.4 is 15.2 Å². The predicted molar refractivity (Wildman–Crippen MR) is 66.9 cm³/mol. The average molecular weight is 234 g/mol. The minimum Gasteiger partial charge on any atom is -0.497 e. The molecule has 0 radical (unpaired) electrons. The molecule has 0 heterocycles. The number of benzene rings is 1. The minimum absolute atomic E-state index is 0.381. The molecule has 0 saturated heterocycles. The molecule has 0 aliphatic rings. The SMILES string of the molecule is COc1ccc(N)c(OCCC(C)(C)C#N)c1. The number of anilines is 1. The molecule has 0 saturated carbocycles. The van der Waals surface area contributed by atoms with Gasteiger partial charge in [0, 0.05) is 6.07 Å². The lowest BCUT2D eigenvalue weighted by molar-refractivity contribution is 0.264. The van der Waals surface area contributed by atoms with Crippen LogP contribution in [0, 0.1) is 16.7 Å². The second-order valence-corrected chi connectivity index (χ2v) is 4.50. The van der Waals surface area contributed by atoms with Gasteiger partial charge in [0.15, 0.2) is 0 Å². The molecule has 0 aromatic heterocycles. The smallest absolute Gasteiger partial charge is 0.145 e. The Morgan fingerprint density at radius 1 is 1.41 bits per heavy atom. The van der Waals surface area contributed by atoms with Gasteiger partial charge in [0.05, 0.1) is 30.9 Å². The molecule has 17 heavy (non-hydrogen) atoms. The Kier molecular flexibility index (Phi) is 4.22. The van der Waals surface area contributed by atoms with Crippen molar-refractivity contribution in [3.05, 3.63) is 18.2 Å². The van der Waals surface area contributed by atoms with Crippen LogP contribution in [0.4, 0.5) is 5.69 Å². The average Bonchev–Trinajstić information content (AvgIpc) is 2.31. The highest BCUT2D eigenvalue weighted by Crippen LogP contribution is 2.27. The summed E-state index contributed by atoms with van der Waals surface area (Å²) in [6.07, 6.45) is 0.653. The maximum absolute atomic E-state index is 8.88. The number of rotatable bonds is 5. The summed E-state index contributed by atoms with van der Waals surface area (Å²) in [6, 6.07) is 7.49. The van der Waals surface area contributed by atoms with Crippen LogP contribution in [0.1, 0.15) is 20.3 Å². The zero-order chi connectivity index (χ0) is 12.9. The van der Waals surface area contributed by atoms with Crippen molar-refractivity contribution in [2.24, 2.45) is 5.41 Å². The summed E-state index contributed by atoms with van der Waals surface area (Å²) in [5, 5.41) is 8.88. The van der Waals surface area contributed by atoms with Gasteiger partial charge in [0.1, 0.15) is 11.5 Å². The molecule has 2 N–H and O–H groups in total. The van der Waals surface area contributed by atoms with Crippen LogP contribution in [0.2, 0.25) is 0 Å². The third kappa shape index (κ3) is 3.87. The summed E-state index contributed by atoms with van der Waals surface area (Å²) in [4.78, 5) is 0. The zero-order valence-electron chi connectivity index (χ0n) is 10.5. The molecular formula is C13H18N2O2. The van der Waals surface area contributed by atoms with Crippen molar-refractivity contribution in [3.8, 4) is 17.6 Å². The molecule has 0 unspecified atom stereocenters. The van der Waals surface area contributed by atoms with E-state index in [9.17, 15) is 0 Å². The van der Waals surface area contributed by atoms with Gasteiger partial charge in [-0.25, -0.2) is 0 Å². The van der Waals surface area contributed by atoms with Crippen molar-refractivity contribution in [2.75, 3.05) is 19.5 Å². The summed E-state index contributed by atoms with van der Waals surface area (Å²) in [6.45, 7) is 4.22. The van der Waals surface area contributed by atoms with E-state index in [1.165, 1.54) is 0 Å². The molecule has 0 spiro atoms. The Hall–Kier alpha value is -1.89. The highest BCUT2D eigenvalue weighted by molar-refractivity contribution is 5.55. The van der Waals surface area contributed by atoms with E-state index in [0.29, 0.717) is 30.2 Å². The van der Waals surface area contributed by atoms with Gasteiger partial charge in [-0.15, -0.1) is 0 Å². The lowest BCUT2D eigenvalue weighted by Crippen LogP contribution is -2.13. The van der Waals surface area contributed by atoms with Gasteiger partial charge < -0.3 is 15.2 Å². The second kappa shape index (κ2) is 5.44. The third-order valence-electron chi connectivity index (χ3n) is 2.51. The van der Waals surface area contributed by atoms with Crippen molar-refractivity contribution in [3.63, 3.8) is 0 Å². The maximum Gasteiger partial charge on any atom is 0.145 e. The fourth-order valence-electron chi connectivity index (χ4n) is 1.24. The van der Waals surface area contributed by atoms with Crippen molar-refractivity contribution in [1.82, 2.24) is 0 Å².